The molecule has 1 aromatic carbocycles. The molecule has 27 heavy (non-hydrogen) atoms. The summed E-state index contributed by atoms with van der Waals surface area (Å²) in [7, 11) is 2.20. The third kappa shape index (κ3) is 9.36. The molecule has 2 aromatic rings. The fourth-order valence-electron chi connectivity index (χ4n) is 3.14. The van der Waals surface area contributed by atoms with Gasteiger partial charge < -0.3 is 22.2 Å². The topological polar surface area (TPSA) is 10.4 Å². The molecule has 3 nitrogen and oxygen atoms in total. The van der Waals surface area contributed by atoms with Crippen LogP contribution in [0.5, 0.6) is 0 Å². The number of unbranched alkanes of at least 4 members (excludes halogenated alkanes) is 1. The third-order valence-electron chi connectivity index (χ3n) is 4.72. The lowest BCUT2D eigenvalue weighted by molar-refractivity contribution is -0.697. The smallest absolute Gasteiger partial charge is 0.170 e. The predicted octanol–water partition coefficient (Wildman–Crippen LogP) is 1.02. The summed E-state index contributed by atoms with van der Waals surface area (Å²) in [5.74, 6) is 0. The summed E-state index contributed by atoms with van der Waals surface area (Å²) in [5, 5.41) is 0. The number of anilines is 1. The van der Waals surface area contributed by atoms with E-state index in [-0.39, 0.29) is 49.6 Å². The van der Waals surface area contributed by atoms with Crippen molar-refractivity contribution in [2.75, 3.05) is 38.1 Å². The fourth-order valence-corrected chi connectivity index (χ4v) is 3.14. The second kappa shape index (κ2) is 15.2. The Kier molecular flexibility index (Phi) is 16.1. The maximum Gasteiger partial charge on any atom is 0.170 e. The van der Waals surface area contributed by atoms with Crippen molar-refractivity contribution in [2.45, 2.75) is 25.8 Å². The van der Waals surface area contributed by atoms with Crippen molar-refractivity contribution < 1.29 is 17.0 Å². The molecule has 0 amide bonds. The van der Waals surface area contributed by atoms with E-state index in [1.54, 1.807) is 0 Å². The summed E-state index contributed by atoms with van der Waals surface area (Å²) >= 11 is 0. The van der Waals surface area contributed by atoms with E-state index in [2.05, 4.69) is 76.3 Å². The summed E-state index contributed by atoms with van der Waals surface area (Å²) in [6.07, 6.45) is 8.12. The zero-order chi connectivity index (χ0) is 15.9. The Morgan fingerprint density at radius 1 is 0.815 bits per heavy atom. The van der Waals surface area contributed by atoms with E-state index >= 15 is 0 Å². The quantitative estimate of drug-likeness (QED) is 0.476. The van der Waals surface area contributed by atoms with Crippen LogP contribution in [-0.2, 0) is 13.0 Å². The third-order valence-corrected chi connectivity index (χ3v) is 4.72. The minimum atomic E-state index is 0. The lowest BCUT2D eigenvalue weighted by Crippen LogP contribution is -3.00. The van der Waals surface area contributed by atoms with Crippen LogP contribution in [0.4, 0.5) is 5.69 Å². The zero-order valence-corrected chi connectivity index (χ0v) is 19.0. The molecule has 0 N–H and O–H groups in total. The van der Waals surface area contributed by atoms with E-state index in [0.29, 0.717) is 0 Å². The van der Waals surface area contributed by atoms with Crippen LogP contribution in [0.25, 0.3) is 0 Å². The van der Waals surface area contributed by atoms with Crippen molar-refractivity contribution >= 4 is 42.9 Å². The highest BCUT2D eigenvalue weighted by Gasteiger charge is 2.14. The normalized spacial score (nSPS) is 13.4. The number of nitrogens with zero attached hydrogens (tertiary/aromatic N) is 3. The molecule has 0 bridgehead atoms. The molecule has 2 heterocycles. The number of likely N-dealkylation sites (N-methyl/N-ethyl adjacent to an activating group) is 1. The van der Waals surface area contributed by atoms with E-state index < -0.39 is 0 Å². The molecule has 0 saturated carbocycles. The van der Waals surface area contributed by atoms with Crippen molar-refractivity contribution in [3.63, 3.8) is 0 Å². The van der Waals surface area contributed by atoms with E-state index in [1.807, 2.05) is 0 Å². The van der Waals surface area contributed by atoms with Crippen LogP contribution in [0.1, 0.15) is 18.4 Å². The minimum Gasteiger partial charge on any atom is -1.00 e. The number of benzene rings is 1. The van der Waals surface area contributed by atoms with Crippen molar-refractivity contribution in [3.8, 4) is 0 Å². The Labute approximate surface area is 188 Å². The van der Waals surface area contributed by atoms with Crippen LogP contribution in [0, 0.1) is 0 Å². The van der Waals surface area contributed by atoms with Gasteiger partial charge in [-0.1, -0.05) is 30.3 Å². The van der Waals surface area contributed by atoms with Crippen LogP contribution in [-0.4, -0.2) is 38.1 Å². The molecular formula is C20H31Cl4N3. The van der Waals surface area contributed by atoms with Gasteiger partial charge in [0.15, 0.2) is 12.4 Å². The number of pyridine rings is 1. The second-order valence-corrected chi connectivity index (χ2v) is 6.53. The van der Waals surface area contributed by atoms with Gasteiger partial charge in [-0.25, -0.2) is 4.57 Å². The Bertz CT molecular complexity index is 588. The van der Waals surface area contributed by atoms with Gasteiger partial charge in [0.05, 0.1) is 0 Å². The van der Waals surface area contributed by atoms with Crippen molar-refractivity contribution in [3.05, 3.63) is 60.4 Å². The van der Waals surface area contributed by atoms with Gasteiger partial charge in [-0.15, -0.1) is 37.2 Å². The second-order valence-electron chi connectivity index (χ2n) is 6.53. The van der Waals surface area contributed by atoms with Crippen LogP contribution < -0.4 is 21.9 Å². The fraction of sp³-hybridized carbons (Fsp3) is 0.450. The van der Waals surface area contributed by atoms with E-state index in [0.717, 1.165) is 32.7 Å². The van der Waals surface area contributed by atoms with Crippen LogP contribution in [0.3, 0.4) is 0 Å². The van der Waals surface area contributed by atoms with Crippen LogP contribution >= 0.6 is 37.2 Å². The highest BCUT2D eigenvalue weighted by Crippen LogP contribution is 2.13. The summed E-state index contributed by atoms with van der Waals surface area (Å²) in [5.41, 5.74) is 2.81. The summed E-state index contributed by atoms with van der Waals surface area (Å²) in [4.78, 5) is 4.88. The molecule has 0 unspecified atom stereocenters. The molecule has 1 aliphatic heterocycles. The predicted molar refractivity (Wildman–Crippen MR) is 117 cm³/mol. The molecule has 1 aliphatic rings. The Balaban J connectivity index is 0. The minimum absolute atomic E-state index is 0. The first-order chi connectivity index (χ1) is 11.3. The highest BCUT2D eigenvalue weighted by molar-refractivity contribution is 5.86. The molecule has 1 aromatic heterocycles. The maximum atomic E-state index is 2.49. The number of hydrogen-bond acceptors (Lipinski definition) is 2. The molecule has 0 radical (unpaired) electrons. The molecular weight excluding hydrogens is 424 g/mol. The number of aryl methyl sites for hydroxylation is 2. The lowest BCUT2D eigenvalue weighted by Gasteiger charge is -2.33. The maximum absolute atomic E-state index is 2.49. The number of piperazine rings is 1. The summed E-state index contributed by atoms with van der Waals surface area (Å²) < 4.78 is 2.31. The van der Waals surface area contributed by atoms with Crippen molar-refractivity contribution in [2.24, 2.45) is 0 Å². The van der Waals surface area contributed by atoms with Gasteiger partial charge in [-0.2, -0.15) is 0 Å². The first-order valence-electron chi connectivity index (χ1n) is 8.78. The number of aromatic nitrogens is 1. The summed E-state index contributed by atoms with van der Waals surface area (Å²) in [6.45, 7) is 5.70. The van der Waals surface area contributed by atoms with Gasteiger partial charge in [0, 0.05) is 50.4 Å². The molecule has 0 aliphatic carbocycles. The van der Waals surface area contributed by atoms with Gasteiger partial charge in [-0.3, -0.25) is 0 Å². The van der Waals surface area contributed by atoms with Crippen LogP contribution in [0.15, 0.2) is 54.9 Å². The van der Waals surface area contributed by atoms with Gasteiger partial charge in [0.2, 0.25) is 0 Å². The average molecular weight is 455 g/mol. The van der Waals surface area contributed by atoms with Gasteiger partial charge in [-0.05, 0) is 25.5 Å². The average Bonchev–Trinajstić information content (AvgIpc) is 2.61. The van der Waals surface area contributed by atoms with Gasteiger partial charge in [0.25, 0.3) is 0 Å². The molecule has 154 valence electrons. The first kappa shape index (κ1) is 28.5. The van der Waals surface area contributed by atoms with E-state index in [4.69, 9.17) is 0 Å². The van der Waals surface area contributed by atoms with E-state index in [9.17, 15) is 0 Å². The SMILES string of the molecule is CN1CCN(c2cc[n+](CCCCc3ccccc3)cc2)CC1.Cl.Cl.Cl.[Cl-]. The zero-order valence-electron chi connectivity index (χ0n) is 15.8. The summed E-state index contributed by atoms with van der Waals surface area (Å²) in [6, 6.07) is 15.3. The van der Waals surface area contributed by atoms with Crippen LogP contribution in [0.2, 0.25) is 0 Å². The van der Waals surface area contributed by atoms with Gasteiger partial charge >= 0.3 is 0 Å². The van der Waals surface area contributed by atoms with Gasteiger partial charge in [0.1, 0.15) is 6.54 Å². The highest BCUT2D eigenvalue weighted by atomic mass is 35.5. The van der Waals surface area contributed by atoms with Crippen molar-refractivity contribution in [1.82, 2.24) is 4.90 Å². The number of halogens is 4. The largest absolute Gasteiger partial charge is 1.00 e. The number of rotatable bonds is 6. The molecule has 0 spiro atoms. The first-order valence-corrected chi connectivity index (χ1v) is 8.78. The van der Waals surface area contributed by atoms with Crippen molar-refractivity contribution in [1.29, 1.82) is 0 Å². The Morgan fingerprint density at radius 2 is 1.41 bits per heavy atom. The van der Waals surface area contributed by atoms with E-state index in [1.165, 1.54) is 30.5 Å². The number of hydrogen-bond donors (Lipinski definition) is 0. The standard InChI is InChI=1S/C20H28N3.4ClH/c1-21-15-17-23(18-16-21)20-10-13-22(14-11-20)12-6-5-9-19-7-3-2-4-8-19;;;;/h2-4,7-8,10-11,13-14H,5-6,9,12,15-18H2,1H3;4*1H/q+1;;;;/p-1. The Hall–Kier alpha value is -0.710. The molecule has 1 saturated heterocycles. The lowest BCUT2D eigenvalue weighted by atomic mass is 10.1. The molecule has 3 rings (SSSR count). The Morgan fingerprint density at radius 3 is 2.00 bits per heavy atom. The molecule has 1 fully saturated rings. The molecule has 7 heteroatoms. The monoisotopic (exact) mass is 453 g/mol. The molecule has 0 atom stereocenters.